The SMILES string of the molecule is CNC(=O)c1ccc(C)c(Nc2nccc(N(C)CC(C)(C)C)c2[N+](=O)[O-])c1.CNC(=O)c1ccc(C)c(Nc2ncnc(NCC(C)(C)C)c2[N+](=O)[O-])c1.CONC(=O)c1ccc(C)c(Nc2nccc(N(C)CC(C)(C)C)c2[N+](=O)[O-])c1.CONC(=O)c1ccc(C)c(Nc2ncnc(NCC(C)(C)C)c2[N+](=O)[O-])c1.[HH].[HH].[HH].[HH]. The summed E-state index contributed by atoms with van der Waals surface area (Å²) in [5.41, 5.74) is 11.5. The number of hydrogen-bond donors (Lipinski definition) is 10. The van der Waals surface area contributed by atoms with Gasteiger partial charge in [-0.15, -0.1) is 0 Å². The van der Waals surface area contributed by atoms with Crippen LogP contribution in [-0.4, -0.2) is 142 Å². The van der Waals surface area contributed by atoms with Gasteiger partial charge in [-0.2, -0.15) is 0 Å². The summed E-state index contributed by atoms with van der Waals surface area (Å²) in [6.45, 7) is 34.1. The van der Waals surface area contributed by atoms with Gasteiger partial charge in [0, 0.05) is 117 Å². The smallest absolute Gasteiger partial charge is 0.353 e. The molecule has 8 aromatic rings. The van der Waals surface area contributed by atoms with Gasteiger partial charge in [-0.3, -0.25) is 69.3 Å². The first-order valence-electron chi connectivity index (χ1n) is 35.1. The molecule has 0 spiro atoms. The number of nitrogens with one attached hydrogen (secondary N) is 10. The second-order valence-corrected chi connectivity index (χ2v) is 30.6. The number of hydroxylamine groups is 2. The summed E-state index contributed by atoms with van der Waals surface area (Å²) < 4.78 is 0. The van der Waals surface area contributed by atoms with Crippen LogP contribution in [0.2, 0.25) is 0 Å². The van der Waals surface area contributed by atoms with Crippen LogP contribution in [0.3, 0.4) is 0 Å². The Kier molecular flexibility index (Phi) is 31.6. The predicted octanol–water partition coefficient (Wildman–Crippen LogP) is 15.1. The number of carbonyl (C=O) groups excluding carboxylic acids is 4. The number of aromatic nitrogens is 6. The first-order valence-corrected chi connectivity index (χ1v) is 35.1. The molecular formula is C76H110N22O14. The first-order chi connectivity index (χ1) is 52.3. The summed E-state index contributed by atoms with van der Waals surface area (Å²) in [5.74, 6) is -0.719. The van der Waals surface area contributed by atoms with Gasteiger partial charge in [0.15, 0.2) is 0 Å². The summed E-state index contributed by atoms with van der Waals surface area (Å²) in [7, 11) is 9.42. The summed E-state index contributed by atoms with van der Waals surface area (Å²) in [6, 6.07) is 23.4. The van der Waals surface area contributed by atoms with E-state index in [-0.39, 0.29) is 96.8 Å². The number of anilines is 12. The van der Waals surface area contributed by atoms with Crippen molar-refractivity contribution in [3.63, 3.8) is 0 Å². The van der Waals surface area contributed by atoms with Crippen molar-refractivity contribution in [2.45, 2.75) is 111 Å². The average Bonchev–Trinajstić information content (AvgIpc) is 0.825. The number of nitrogens with zero attached hydrogens (tertiary/aromatic N) is 12. The molecule has 36 heteroatoms. The average molecular weight is 1560 g/mol. The molecule has 0 bridgehead atoms. The molecule has 0 fully saturated rings. The van der Waals surface area contributed by atoms with Crippen LogP contribution in [0.25, 0.3) is 0 Å². The molecule has 0 atom stereocenters. The van der Waals surface area contributed by atoms with Crippen molar-refractivity contribution in [2.24, 2.45) is 21.7 Å². The van der Waals surface area contributed by atoms with Crippen LogP contribution in [0.4, 0.5) is 91.8 Å². The molecule has 4 aromatic heterocycles. The summed E-state index contributed by atoms with van der Waals surface area (Å²) >= 11 is 0. The van der Waals surface area contributed by atoms with Gasteiger partial charge in [0.1, 0.15) is 24.0 Å². The molecule has 0 aliphatic rings. The molecule has 0 saturated heterocycles. The van der Waals surface area contributed by atoms with Gasteiger partial charge in [0.25, 0.3) is 23.6 Å². The highest BCUT2D eigenvalue weighted by Crippen LogP contribution is 2.40. The van der Waals surface area contributed by atoms with Crippen LogP contribution in [0, 0.1) is 89.8 Å². The Bertz CT molecular complexity index is 4730. The fourth-order valence-corrected chi connectivity index (χ4v) is 10.6. The Hall–Kier alpha value is -12.9. The van der Waals surface area contributed by atoms with Crippen molar-refractivity contribution in [2.75, 3.05) is 110 Å². The molecule has 0 aliphatic heterocycles. The Morgan fingerprint density at radius 1 is 0.393 bits per heavy atom. The summed E-state index contributed by atoms with van der Waals surface area (Å²) in [5, 5.41) is 70.1. The van der Waals surface area contributed by atoms with E-state index >= 15 is 0 Å². The minimum atomic E-state index is -0.538. The van der Waals surface area contributed by atoms with E-state index in [2.05, 4.69) is 135 Å². The van der Waals surface area contributed by atoms with Gasteiger partial charge in [0.2, 0.25) is 34.9 Å². The number of nitro groups is 4. The number of pyridine rings is 2. The van der Waals surface area contributed by atoms with Crippen molar-refractivity contribution < 1.29 is 54.3 Å². The lowest BCUT2D eigenvalue weighted by Crippen LogP contribution is -2.29. The molecule has 112 heavy (non-hydrogen) atoms. The number of hydrogen-bond acceptors (Lipinski definition) is 28. The van der Waals surface area contributed by atoms with Gasteiger partial charge in [-0.05, 0) is 132 Å². The molecule has 0 aliphatic carbocycles. The quantitative estimate of drug-likeness (QED) is 0.0178. The molecule has 0 radical (unpaired) electrons. The number of carbonyl (C=O) groups is 4. The van der Waals surface area contributed by atoms with Crippen molar-refractivity contribution >= 4 is 115 Å². The Labute approximate surface area is 656 Å². The number of rotatable bonds is 26. The second kappa shape index (κ2) is 39.5. The summed E-state index contributed by atoms with van der Waals surface area (Å²) in [4.78, 5) is 130. The van der Waals surface area contributed by atoms with Gasteiger partial charge in [-0.25, -0.2) is 40.9 Å². The predicted molar refractivity (Wildman–Crippen MR) is 443 cm³/mol. The highest BCUT2D eigenvalue weighted by molar-refractivity contribution is 5.98. The zero-order valence-corrected chi connectivity index (χ0v) is 67.3. The standard InChI is InChI=1S/C20H27N5O4.C20H27N5O3.C18H24N6O4.C18H24N6O3.4H2/c1-13-7-8-14(19(26)23-29-6)11-15(13)22-18-17(25(27)28)16(9-10-21-18)24(5)12-20(2,3)4;1-13-7-8-14(19(26)21-5)11-15(13)23-18-17(25(27)28)16(9-10-22-18)24(6)12-20(2,3)4;1-11-6-7-12(17(25)23-28-5)8-13(11)22-16-14(24(26)27)15(20-10-21-16)19-9-18(2,3)4;1-11-6-7-12(17(25)19-5)8-13(11)23-16-14(24(26)27)15(21-10-22-16)20-9-18(2,3)4;;;;/h7-11H,12H2,1-6H3,(H,21,22)(H,23,26);7-11H,12H2,1-6H3,(H,21,26)(H,22,23);6-8,10H,9H2,1-5H3,(H,23,25)(H2,19,20,21,22);6-8,10H,9H2,1-5H3,(H,19,25)(H2,20,21,22,23);4*1H. The largest absolute Gasteiger partial charge is 0.368 e. The molecular weight excluding hydrogens is 1440 g/mol. The molecule has 10 N–H and O–H groups in total. The first kappa shape index (κ1) is 89.8. The molecule has 608 valence electrons. The molecule has 4 aromatic carbocycles. The van der Waals surface area contributed by atoms with Gasteiger partial charge >= 0.3 is 22.7 Å². The van der Waals surface area contributed by atoms with E-state index in [1.165, 1.54) is 40.1 Å². The van der Waals surface area contributed by atoms with Crippen LogP contribution in [0.5, 0.6) is 0 Å². The summed E-state index contributed by atoms with van der Waals surface area (Å²) in [6.07, 6.45) is 5.58. The lowest BCUT2D eigenvalue weighted by Gasteiger charge is -2.28. The molecule has 4 heterocycles. The van der Waals surface area contributed by atoms with Gasteiger partial charge in [-0.1, -0.05) is 107 Å². The van der Waals surface area contributed by atoms with E-state index in [9.17, 15) is 59.6 Å². The third-order valence-electron chi connectivity index (χ3n) is 15.9. The molecule has 36 nitrogen and oxygen atoms in total. The van der Waals surface area contributed by atoms with Crippen molar-refractivity contribution in [1.82, 2.24) is 51.5 Å². The monoisotopic (exact) mass is 1550 g/mol. The van der Waals surface area contributed by atoms with E-state index in [0.717, 1.165) is 22.3 Å². The molecule has 8 rings (SSSR count). The van der Waals surface area contributed by atoms with E-state index in [1.54, 1.807) is 98.2 Å². The van der Waals surface area contributed by atoms with Crippen molar-refractivity contribution in [1.29, 1.82) is 0 Å². The van der Waals surface area contributed by atoms with Gasteiger partial charge in [0.05, 0.1) is 33.9 Å². The Balaban J connectivity index is 0.000000765. The van der Waals surface area contributed by atoms with Crippen LogP contribution in [0.1, 0.15) is 152 Å². The molecule has 0 saturated carbocycles. The lowest BCUT2D eigenvalue weighted by atomic mass is 9.96. The maximum Gasteiger partial charge on any atom is 0.353 e. The normalized spacial score (nSPS) is 11.1. The maximum atomic E-state index is 12.0. The van der Waals surface area contributed by atoms with Crippen LogP contribution >= 0.6 is 0 Å². The third kappa shape index (κ3) is 26.8. The number of amides is 4. The van der Waals surface area contributed by atoms with E-state index in [0.29, 0.717) is 82.6 Å². The minimum absolute atomic E-state index is 0. The number of aryl methyl sites for hydroxylation is 4. The van der Waals surface area contributed by atoms with E-state index in [1.807, 2.05) is 93.1 Å². The molecule has 4 amide bonds. The topological polar surface area (TPSA) is 463 Å². The van der Waals surface area contributed by atoms with E-state index < -0.39 is 31.5 Å². The van der Waals surface area contributed by atoms with Crippen molar-refractivity contribution in [3.05, 3.63) is 195 Å². The van der Waals surface area contributed by atoms with Crippen LogP contribution in [-0.2, 0) is 9.68 Å². The highest BCUT2D eigenvalue weighted by atomic mass is 16.7. The Morgan fingerprint density at radius 3 is 0.893 bits per heavy atom. The zero-order valence-electron chi connectivity index (χ0n) is 67.3. The minimum Gasteiger partial charge on any atom is -0.368 e. The maximum absolute atomic E-state index is 12.0. The van der Waals surface area contributed by atoms with Gasteiger partial charge < -0.3 is 52.3 Å². The van der Waals surface area contributed by atoms with Crippen molar-refractivity contribution in [3.8, 4) is 0 Å². The zero-order chi connectivity index (χ0) is 83.9. The fraction of sp³-hybridized carbons (Fsp3) is 0.395. The highest BCUT2D eigenvalue weighted by Gasteiger charge is 2.31. The molecule has 0 unspecified atom stereocenters. The Morgan fingerprint density at radius 2 is 0.652 bits per heavy atom. The lowest BCUT2D eigenvalue weighted by molar-refractivity contribution is -0.383. The second-order valence-electron chi connectivity index (χ2n) is 30.6. The van der Waals surface area contributed by atoms with Crippen LogP contribution in [0.15, 0.2) is 110 Å². The fourth-order valence-electron chi connectivity index (χ4n) is 10.6. The number of benzene rings is 4. The third-order valence-corrected chi connectivity index (χ3v) is 15.9. The van der Waals surface area contributed by atoms with E-state index in [4.69, 9.17) is 0 Å². The van der Waals surface area contributed by atoms with Crippen LogP contribution < -0.4 is 63.3 Å².